The molecule has 0 aromatic carbocycles. The van der Waals surface area contributed by atoms with E-state index in [1.165, 1.54) is 0 Å². The second-order valence-corrected chi connectivity index (χ2v) is 7.22. The highest BCUT2D eigenvalue weighted by molar-refractivity contribution is 5.97. The summed E-state index contributed by atoms with van der Waals surface area (Å²) in [5.41, 5.74) is 1.42. The van der Waals surface area contributed by atoms with Gasteiger partial charge in [0.25, 0.3) is 11.8 Å². The van der Waals surface area contributed by atoms with Gasteiger partial charge in [0.15, 0.2) is 5.82 Å². The Morgan fingerprint density at radius 2 is 1.88 bits per heavy atom. The molecular weight excluding hydrogens is 318 g/mol. The molecular formula is C18H29N5O2. The zero-order valence-electron chi connectivity index (χ0n) is 15.5. The van der Waals surface area contributed by atoms with Crippen molar-refractivity contribution in [3.63, 3.8) is 0 Å². The van der Waals surface area contributed by atoms with E-state index in [4.69, 9.17) is 0 Å². The van der Waals surface area contributed by atoms with Gasteiger partial charge in [-0.1, -0.05) is 6.92 Å². The fourth-order valence-corrected chi connectivity index (χ4v) is 3.44. The molecule has 0 radical (unpaired) electrons. The van der Waals surface area contributed by atoms with Crippen molar-refractivity contribution in [1.82, 2.24) is 24.7 Å². The Labute approximate surface area is 149 Å². The Morgan fingerprint density at radius 3 is 2.56 bits per heavy atom. The van der Waals surface area contributed by atoms with Gasteiger partial charge in [-0.3, -0.25) is 9.59 Å². The summed E-state index contributed by atoms with van der Waals surface area (Å²) in [5, 5.41) is 2.98. The van der Waals surface area contributed by atoms with Crippen molar-refractivity contribution in [2.45, 2.75) is 52.1 Å². The number of likely N-dealkylation sites (N-methyl/N-ethyl adjacent to an activating group) is 1. The summed E-state index contributed by atoms with van der Waals surface area (Å²) < 4.78 is 1.96. The summed E-state index contributed by atoms with van der Waals surface area (Å²) in [6, 6.07) is 0.0980. The van der Waals surface area contributed by atoms with Crippen LogP contribution in [0.3, 0.4) is 0 Å². The van der Waals surface area contributed by atoms with Crippen LogP contribution in [0.5, 0.6) is 0 Å². The fraction of sp³-hybridized carbons (Fsp3) is 0.722. The Kier molecular flexibility index (Phi) is 5.42. The van der Waals surface area contributed by atoms with Crippen LogP contribution in [0, 0.1) is 0 Å². The first kappa shape index (κ1) is 17.9. The zero-order valence-corrected chi connectivity index (χ0v) is 15.5. The van der Waals surface area contributed by atoms with Gasteiger partial charge in [-0.2, -0.15) is 0 Å². The van der Waals surface area contributed by atoms with Gasteiger partial charge in [0, 0.05) is 38.8 Å². The Hall–Kier alpha value is -1.89. The molecule has 0 saturated carbocycles. The van der Waals surface area contributed by atoms with Gasteiger partial charge in [-0.05, 0) is 39.7 Å². The minimum Gasteiger partial charge on any atom is -0.347 e. The van der Waals surface area contributed by atoms with E-state index in [0.717, 1.165) is 64.1 Å². The number of aromatic nitrogens is 2. The van der Waals surface area contributed by atoms with Crippen molar-refractivity contribution in [1.29, 1.82) is 0 Å². The molecule has 7 nitrogen and oxygen atoms in total. The van der Waals surface area contributed by atoms with Crippen molar-refractivity contribution in [2.75, 3.05) is 33.2 Å². The van der Waals surface area contributed by atoms with Crippen LogP contribution >= 0.6 is 0 Å². The molecule has 2 aliphatic rings. The predicted molar refractivity (Wildman–Crippen MR) is 95.8 cm³/mol. The topological polar surface area (TPSA) is 70.5 Å². The number of hydrogen-bond acceptors (Lipinski definition) is 4. The number of nitrogens with zero attached hydrogens (tertiary/aromatic N) is 4. The number of nitrogens with one attached hydrogen (secondary N) is 1. The summed E-state index contributed by atoms with van der Waals surface area (Å²) in [6.07, 6.45) is 3.75. The smallest absolute Gasteiger partial charge is 0.287 e. The molecule has 3 heterocycles. The molecule has 2 aliphatic heterocycles. The Morgan fingerprint density at radius 1 is 1.16 bits per heavy atom. The monoisotopic (exact) mass is 347 g/mol. The quantitative estimate of drug-likeness (QED) is 0.887. The molecule has 1 aromatic heterocycles. The molecule has 0 aliphatic carbocycles. The van der Waals surface area contributed by atoms with Crippen LogP contribution in [-0.4, -0.2) is 70.4 Å². The molecule has 0 spiro atoms. The third kappa shape index (κ3) is 3.71. The molecule has 1 atom stereocenters. The lowest BCUT2D eigenvalue weighted by molar-refractivity contribution is 0.0657. The number of carbonyl (C=O) groups is 2. The molecule has 2 amide bonds. The summed E-state index contributed by atoms with van der Waals surface area (Å²) in [4.78, 5) is 34.2. The highest BCUT2D eigenvalue weighted by Crippen LogP contribution is 2.23. The van der Waals surface area contributed by atoms with Gasteiger partial charge in [0.2, 0.25) is 0 Å². The molecule has 138 valence electrons. The zero-order chi connectivity index (χ0) is 18.0. The van der Waals surface area contributed by atoms with Gasteiger partial charge in [-0.25, -0.2) is 4.98 Å². The van der Waals surface area contributed by atoms with Crippen molar-refractivity contribution < 1.29 is 9.59 Å². The fourth-order valence-electron chi connectivity index (χ4n) is 3.44. The number of carbonyl (C=O) groups excluding carboxylic acids is 2. The van der Waals surface area contributed by atoms with E-state index >= 15 is 0 Å². The summed E-state index contributed by atoms with van der Waals surface area (Å²) in [7, 11) is 2.07. The molecule has 1 N–H and O–H groups in total. The SMILES string of the molecule is CCC(C)NC(=O)c1nc(C(=O)N2CCN(C)CC2)c2n1CCCC2. The highest BCUT2D eigenvalue weighted by Gasteiger charge is 2.31. The average molecular weight is 347 g/mol. The Balaban J connectivity index is 1.87. The molecule has 1 unspecified atom stereocenters. The largest absolute Gasteiger partial charge is 0.347 e. The maximum absolute atomic E-state index is 13.0. The Bertz CT molecular complexity index is 646. The average Bonchev–Trinajstić information content (AvgIpc) is 3.01. The van der Waals surface area contributed by atoms with Gasteiger partial charge in [0.1, 0.15) is 5.69 Å². The lowest BCUT2D eigenvalue weighted by Crippen LogP contribution is -2.47. The predicted octanol–water partition coefficient (Wildman–Crippen LogP) is 1.14. The standard InChI is InChI=1S/C18H29N5O2/c1-4-13(2)19-17(24)16-20-15(14-7-5-6-8-23(14)16)18(25)22-11-9-21(3)10-12-22/h13H,4-12H2,1-3H3,(H,19,24). The van der Waals surface area contributed by atoms with Crippen molar-refractivity contribution in [2.24, 2.45) is 0 Å². The first-order valence-electron chi connectivity index (χ1n) is 9.39. The second-order valence-electron chi connectivity index (χ2n) is 7.22. The number of hydrogen-bond donors (Lipinski definition) is 1. The van der Waals surface area contributed by atoms with E-state index in [2.05, 4.69) is 22.2 Å². The number of rotatable bonds is 4. The summed E-state index contributed by atoms with van der Waals surface area (Å²) >= 11 is 0. The van der Waals surface area contributed by atoms with Crippen LogP contribution < -0.4 is 5.32 Å². The summed E-state index contributed by atoms with van der Waals surface area (Å²) in [6.45, 7) is 7.97. The van der Waals surface area contributed by atoms with Gasteiger partial charge >= 0.3 is 0 Å². The maximum atomic E-state index is 13.0. The number of imidazole rings is 1. The molecule has 25 heavy (non-hydrogen) atoms. The van der Waals surface area contributed by atoms with Crippen LogP contribution in [0.4, 0.5) is 0 Å². The van der Waals surface area contributed by atoms with E-state index in [1.54, 1.807) is 0 Å². The lowest BCUT2D eigenvalue weighted by atomic mass is 10.1. The van der Waals surface area contributed by atoms with Crippen LogP contribution in [0.1, 0.15) is 59.9 Å². The van der Waals surface area contributed by atoms with Crippen LogP contribution in [0.2, 0.25) is 0 Å². The van der Waals surface area contributed by atoms with Crippen LogP contribution in [0.25, 0.3) is 0 Å². The molecule has 1 fully saturated rings. The van der Waals surface area contributed by atoms with E-state index in [1.807, 2.05) is 23.3 Å². The van der Waals surface area contributed by atoms with Gasteiger partial charge < -0.3 is 19.7 Å². The van der Waals surface area contributed by atoms with E-state index < -0.39 is 0 Å². The van der Waals surface area contributed by atoms with E-state index in [0.29, 0.717) is 11.5 Å². The number of amides is 2. The first-order chi connectivity index (χ1) is 12.0. The third-order valence-corrected chi connectivity index (χ3v) is 5.30. The van der Waals surface area contributed by atoms with Crippen LogP contribution in [0.15, 0.2) is 0 Å². The lowest BCUT2D eigenvalue weighted by Gasteiger charge is -2.32. The van der Waals surface area contributed by atoms with Gasteiger partial charge in [0.05, 0.1) is 5.69 Å². The van der Waals surface area contributed by atoms with Crippen molar-refractivity contribution >= 4 is 11.8 Å². The highest BCUT2D eigenvalue weighted by atomic mass is 16.2. The minimum atomic E-state index is -0.171. The number of piperazine rings is 1. The normalized spacial score (nSPS) is 19.4. The molecule has 1 saturated heterocycles. The summed E-state index contributed by atoms with van der Waals surface area (Å²) in [5.74, 6) is 0.198. The first-order valence-corrected chi connectivity index (χ1v) is 9.39. The van der Waals surface area contributed by atoms with Crippen molar-refractivity contribution in [3.8, 4) is 0 Å². The van der Waals surface area contributed by atoms with Gasteiger partial charge in [-0.15, -0.1) is 0 Å². The van der Waals surface area contributed by atoms with E-state index in [9.17, 15) is 9.59 Å². The van der Waals surface area contributed by atoms with E-state index in [-0.39, 0.29) is 17.9 Å². The molecule has 7 heteroatoms. The molecule has 0 bridgehead atoms. The molecule has 1 aromatic rings. The van der Waals surface area contributed by atoms with Crippen LogP contribution in [-0.2, 0) is 13.0 Å². The molecule has 3 rings (SSSR count). The third-order valence-electron chi connectivity index (χ3n) is 5.30. The number of fused-ring (bicyclic) bond motifs is 1. The maximum Gasteiger partial charge on any atom is 0.287 e. The minimum absolute atomic E-state index is 0.0265. The second kappa shape index (κ2) is 7.56. The van der Waals surface area contributed by atoms with Crippen molar-refractivity contribution in [3.05, 3.63) is 17.2 Å².